The molecule has 1 aromatic rings. The topological polar surface area (TPSA) is 15.3 Å². The predicted octanol–water partition coefficient (Wildman–Crippen LogP) is 1.90. The highest BCUT2D eigenvalue weighted by Gasteiger charge is 2.38. The molecular formula is C14H20N2. The summed E-state index contributed by atoms with van der Waals surface area (Å²) in [6.45, 7) is 3.69. The molecule has 2 aliphatic rings. The molecule has 0 aromatic heterocycles. The Labute approximate surface area is 97.6 Å². The second kappa shape index (κ2) is 4.10. The van der Waals surface area contributed by atoms with Crippen molar-refractivity contribution < 1.29 is 0 Å². The molecule has 2 nitrogen and oxygen atoms in total. The Morgan fingerprint density at radius 1 is 1.31 bits per heavy atom. The lowest BCUT2D eigenvalue weighted by Gasteiger charge is -2.19. The van der Waals surface area contributed by atoms with Crippen molar-refractivity contribution in [2.45, 2.75) is 12.8 Å². The monoisotopic (exact) mass is 216 g/mol. The zero-order chi connectivity index (χ0) is 11.0. The Balaban J connectivity index is 1.62. The number of hydrogen-bond donors (Lipinski definition) is 1. The van der Waals surface area contributed by atoms with E-state index in [1.165, 1.54) is 43.7 Å². The number of fused-ring (bicyclic) bond motifs is 1. The second-order valence-electron chi connectivity index (χ2n) is 5.14. The van der Waals surface area contributed by atoms with Crippen LogP contribution in [0.15, 0.2) is 24.3 Å². The third-order valence-electron chi connectivity index (χ3n) is 3.97. The summed E-state index contributed by atoms with van der Waals surface area (Å²) in [6.07, 6.45) is 2.65. The molecule has 0 radical (unpaired) electrons. The van der Waals surface area contributed by atoms with Crippen LogP contribution in [0.5, 0.6) is 0 Å². The van der Waals surface area contributed by atoms with Crippen molar-refractivity contribution in [3.63, 3.8) is 0 Å². The van der Waals surface area contributed by atoms with Crippen molar-refractivity contribution in [3.05, 3.63) is 29.8 Å². The first-order valence-electron chi connectivity index (χ1n) is 6.36. The van der Waals surface area contributed by atoms with Crippen molar-refractivity contribution in [1.82, 2.24) is 5.32 Å². The van der Waals surface area contributed by atoms with Crippen LogP contribution in [0.1, 0.15) is 12.0 Å². The zero-order valence-electron chi connectivity index (χ0n) is 9.95. The molecule has 0 saturated heterocycles. The van der Waals surface area contributed by atoms with E-state index in [0.717, 1.165) is 11.8 Å². The van der Waals surface area contributed by atoms with Crippen LogP contribution < -0.4 is 10.2 Å². The van der Waals surface area contributed by atoms with Gasteiger partial charge in [-0.1, -0.05) is 18.2 Å². The van der Waals surface area contributed by atoms with Gasteiger partial charge in [-0.2, -0.15) is 0 Å². The smallest absolute Gasteiger partial charge is 0.0399 e. The van der Waals surface area contributed by atoms with Crippen LogP contribution in [0.3, 0.4) is 0 Å². The molecule has 86 valence electrons. The van der Waals surface area contributed by atoms with Gasteiger partial charge < -0.3 is 10.2 Å². The minimum atomic E-state index is 0.928. The average Bonchev–Trinajstić information content (AvgIpc) is 2.89. The van der Waals surface area contributed by atoms with Crippen LogP contribution in [0.25, 0.3) is 0 Å². The Morgan fingerprint density at radius 3 is 3.06 bits per heavy atom. The van der Waals surface area contributed by atoms with E-state index in [-0.39, 0.29) is 0 Å². The van der Waals surface area contributed by atoms with E-state index in [2.05, 4.69) is 41.5 Å². The molecule has 0 bridgehead atoms. The van der Waals surface area contributed by atoms with Crippen LogP contribution in [-0.4, -0.2) is 26.7 Å². The number of benzene rings is 1. The molecule has 1 heterocycles. The van der Waals surface area contributed by atoms with E-state index >= 15 is 0 Å². The van der Waals surface area contributed by atoms with Gasteiger partial charge in [-0.3, -0.25) is 0 Å². The summed E-state index contributed by atoms with van der Waals surface area (Å²) in [5.41, 5.74) is 3.02. The lowest BCUT2D eigenvalue weighted by molar-refractivity contribution is 0.631. The average molecular weight is 216 g/mol. The van der Waals surface area contributed by atoms with Crippen molar-refractivity contribution in [2.24, 2.45) is 11.8 Å². The molecule has 1 saturated carbocycles. The maximum Gasteiger partial charge on any atom is 0.0399 e. The molecule has 3 rings (SSSR count). The fraction of sp³-hybridized carbons (Fsp3) is 0.571. The zero-order valence-corrected chi connectivity index (χ0v) is 9.95. The predicted molar refractivity (Wildman–Crippen MR) is 67.9 cm³/mol. The summed E-state index contributed by atoms with van der Waals surface area (Å²) < 4.78 is 0. The molecule has 1 aliphatic heterocycles. The SMILES string of the molecule is CNC[C@@H]1C[C@@H]1CN1CCc2ccccc21. The third kappa shape index (κ3) is 1.82. The lowest BCUT2D eigenvalue weighted by atomic mass is 10.2. The largest absolute Gasteiger partial charge is 0.371 e. The maximum atomic E-state index is 3.29. The standard InChI is InChI=1S/C14H20N2/c1-15-9-12-8-13(12)10-16-7-6-11-4-2-3-5-14(11)16/h2-5,12-13,15H,6-10H2,1H3/t12-,13+/m0/s1. The number of hydrogen-bond acceptors (Lipinski definition) is 2. The molecule has 2 heteroatoms. The summed E-state index contributed by atoms with van der Waals surface area (Å²) in [7, 11) is 2.06. The molecule has 16 heavy (non-hydrogen) atoms. The highest BCUT2D eigenvalue weighted by atomic mass is 15.2. The number of rotatable bonds is 4. The molecule has 0 spiro atoms. The molecule has 1 aliphatic carbocycles. The summed E-state index contributed by atoms with van der Waals surface area (Å²) in [5.74, 6) is 1.86. The van der Waals surface area contributed by atoms with Crippen LogP contribution in [0.4, 0.5) is 5.69 Å². The van der Waals surface area contributed by atoms with Gasteiger partial charge >= 0.3 is 0 Å². The summed E-state index contributed by atoms with van der Waals surface area (Å²) in [4.78, 5) is 2.58. The van der Waals surface area contributed by atoms with Gasteiger partial charge in [0, 0.05) is 18.8 Å². The van der Waals surface area contributed by atoms with Crippen LogP contribution in [0.2, 0.25) is 0 Å². The Morgan fingerprint density at radius 2 is 2.19 bits per heavy atom. The minimum Gasteiger partial charge on any atom is -0.371 e. The molecular weight excluding hydrogens is 196 g/mol. The molecule has 1 fully saturated rings. The Kier molecular flexibility index (Phi) is 2.60. The van der Waals surface area contributed by atoms with Gasteiger partial charge in [0.15, 0.2) is 0 Å². The number of nitrogens with one attached hydrogen (secondary N) is 1. The first kappa shape index (κ1) is 10.2. The maximum absolute atomic E-state index is 3.29. The molecule has 1 N–H and O–H groups in total. The van der Waals surface area contributed by atoms with Crippen molar-refractivity contribution in [3.8, 4) is 0 Å². The van der Waals surface area contributed by atoms with Gasteiger partial charge in [-0.15, -0.1) is 0 Å². The van der Waals surface area contributed by atoms with Crippen LogP contribution in [-0.2, 0) is 6.42 Å². The van der Waals surface area contributed by atoms with E-state index in [0.29, 0.717) is 0 Å². The fourth-order valence-electron chi connectivity index (χ4n) is 2.93. The number of anilines is 1. The van der Waals surface area contributed by atoms with Crippen molar-refractivity contribution in [2.75, 3.05) is 31.6 Å². The summed E-state index contributed by atoms with van der Waals surface area (Å²) in [6, 6.07) is 8.86. The van der Waals surface area contributed by atoms with Crippen LogP contribution >= 0.6 is 0 Å². The molecule has 2 atom stereocenters. The number of nitrogens with zero attached hydrogens (tertiary/aromatic N) is 1. The Hall–Kier alpha value is -1.02. The lowest BCUT2D eigenvalue weighted by Crippen LogP contribution is -2.24. The fourth-order valence-corrected chi connectivity index (χ4v) is 2.93. The molecule has 0 unspecified atom stereocenters. The van der Waals surface area contributed by atoms with E-state index in [9.17, 15) is 0 Å². The molecule has 1 aromatic carbocycles. The second-order valence-corrected chi connectivity index (χ2v) is 5.14. The summed E-state index contributed by atoms with van der Waals surface area (Å²) >= 11 is 0. The highest BCUT2D eigenvalue weighted by Crippen LogP contribution is 2.40. The van der Waals surface area contributed by atoms with Gasteiger partial charge in [0.2, 0.25) is 0 Å². The van der Waals surface area contributed by atoms with Crippen molar-refractivity contribution >= 4 is 5.69 Å². The van der Waals surface area contributed by atoms with Gasteiger partial charge in [-0.25, -0.2) is 0 Å². The normalized spacial score (nSPS) is 26.9. The van der Waals surface area contributed by atoms with Crippen LogP contribution in [0, 0.1) is 11.8 Å². The quantitative estimate of drug-likeness (QED) is 0.827. The minimum absolute atomic E-state index is 0.928. The van der Waals surface area contributed by atoms with E-state index in [1.807, 2.05) is 0 Å². The van der Waals surface area contributed by atoms with E-state index in [4.69, 9.17) is 0 Å². The van der Waals surface area contributed by atoms with E-state index in [1.54, 1.807) is 0 Å². The first-order chi connectivity index (χ1) is 7.88. The van der Waals surface area contributed by atoms with Gasteiger partial charge in [-0.05, 0) is 49.9 Å². The van der Waals surface area contributed by atoms with Gasteiger partial charge in [0.25, 0.3) is 0 Å². The van der Waals surface area contributed by atoms with Gasteiger partial charge in [0.1, 0.15) is 0 Å². The third-order valence-corrected chi connectivity index (χ3v) is 3.97. The van der Waals surface area contributed by atoms with Gasteiger partial charge in [0.05, 0.1) is 0 Å². The molecule has 0 amide bonds. The van der Waals surface area contributed by atoms with Crippen molar-refractivity contribution in [1.29, 1.82) is 0 Å². The Bertz CT molecular complexity index is 375. The summed E-state index contributed by atoms with van der Waals surface area (Å²) in [5, 5.41) is 3.29. The highest BCUT2D eigenvalue weighted by molar-refractivity contribution is 5.57. The first-order valence-corrected chi connectivity index (χ1v) is 6.36. The van der Waals surface area contributed by atoms with E-state index < -0.39 is 0 Å². The number of para-hydroxylation sites is 1.